The third-order valence-electron chi connectivity index (χ3n) is 5.34. The molecule has 166 valence electrons. The Morgan fingerprint density at radius 3 is 2.67 bits per heavy atom. The molecule has 0 fully saturated rings. The van der Waals surface area contributed by atoms with Gasteiger partial charge in [0.15, 0.2) is 11.0 Å². The van der Waals surface area contributed by atoms with Gasteiger partial charge in [-0.1, -0.05) is 48.2 Å². The van der Waals surface area contributed by atoms with E-state index in [0.717, 1.165) is 16.4 Å². The van der Waals surface area contributed by atoms with Gasteiger partial charge in [0.1, 0.15) is 0 Å². The van der Waals surface area contributed by atoms with Gasteiger partial charge in [-0.3, -0.25) is 14.2 Å². The highest BCUT2D eigenvalue weighted by atomic mass is 32.2. The summed E-state index contributed by atoms with van der Waals surface area (Å²) >= 11 is 2.94. The molecule has 1 aliphatic rings. The van der Waals surface area contributed by atoms with Gasteiger partial charge in [-0.05, 0) is 42.6 Å². The molecule has 4 aromatic rings. The first-order valence-corrected chi connectivity index (χ1v) is 12.4. The number of benzene rings is 2. The number of amides is 2. The van der Waals surface area contributed by atoms with Gasteiger partial charge in [0.25, 0.3) is 0 Å². The van der Waals surface area contributed by atoms with Gasteiger partial charge in [-0.2, -0.15) is 0 Å². The summed E-state index contributed by atoms with van der Waals surface area (Å²) in [7, 11) is 0. The Morgan fingerprint density at radius 2 is 1.88 bits per heavy atom. The molecule has 33 heavy (non-hydrogen) atoms. The van der Waals surface area contributed by atoms with E-state index in [-0.39, 0.29) is 30.0 Å². The van der Waals surface area contributed by atoms with Crippen molar-refractivity contribution in [2.45, 2.75) is 24.5 Å². The van der Waals surface area contributed by atoms with E-state index in [0.29, 0.717) is 16.5 Å². The zero-order chi connectivity index (χ0) is 22.8. The monoisotopic (exact) mass is 475 g/mol. The molecule has 0 spiro atoms. The van der Waals surface area contributed by atoms with E-state index in [2.05, 4.69) is 15.5 Å². The molecule has 2 aromatic carbocycles. The maximum Gasteiger partial charge on any atom is 0.237 e. The lowest BCUT2D eigenvalue weighted by Crippen LogP contribution is -2.40. The van der Waals surface area contributed by atoms with Crippen molar-refractivity contribution in [1.29, 1.82) is 0 Å². The minimum atomic E-state index is -0.254. The average Bonchev–Trinajstić information content (AvgIpc) is 3.47. The molecule has 7 nitrogen and oxygen atoms in total. The topological polar surface area (TPSA) is 80.1 Å². The average molecular weight is 476 g/mol. The van der Waals surface area contributed by atoms with Crippen LogP contribution in [-0.4, -0.2) is 38.4 Å². The molecule has 1 atom stereocenters. The van der Waals surface area contributed by atoms with Crippen LogP contribution in [0.3, 0.4) is 0 Å². The smallest absolute Gasteiger partial charge is 0.237 e. The largest absolute Gasteiger partial charge is 0.324 e. The lowest BCUT2D eigenvalue weighted by atomic mass is 10.2. The van der Waals surface area contributed by atoms with Crippen molar-refractivity contribution < 1.29 is 9.59 Å². The Kier molecular flexibility index (Phi) is 5.97. The summed E-state index contributed by atoms with van der Waals surface area (Å²) in [5.41, 5.74) is 2.30. The van der Waals surface area contributed by atoms with E-state index < -0.39 is 0 Å². The van der Waals surface area contributed by atoms with Crippen LogP contribution in [0.2, 0.25) is 0 Å². The third kappa shape index (κ3) is 4.29. The summed E-state index contributed by atoms with van der Waals surface area (Å²) < 4.78 is 1.98. The van der Waals surface area contributed by atoms with Crippen molar-refractivity contribution in [3.05, 3.63) is 72.1 Å². The second-order valence-corrected chi connectivity index (χ2v) is 9.52. The highest BCUT2D eigenvalue weighted by molar-refractivity contribution is 7.99. The van der Waals surface area contributed by atoms with Gasteiger partial charge >= 0.3 is 0 Å². The van der Waals surface area contributed by atoms with Crippen LogP contribution in [0.1, 0.15) is 13.3 Å². The van der Waals surface area contributed by atoms with Crippen molar-refractivity contribution in [2.24, 2.45) is 0 Å². The lowest BCUT2D eigenvalue weighted by molar-refractivity contribution is -0.117. The van der Waals surface area contributed by atoms with Crippen LogP contribution < -0.4 is 10.2 Å². The van der Waals surface area contributed by atoms with Crippen LogP contribution in [0.25, 0.3) is 16.4 Å². The number of hydrogen-bond donors (Lipinski definition) is 1. The molecule has 0 radical (unpaired) electrons. The first kappa shape index (κ1) is 21.4. The van der Waals surface area contributed by atoms with E-state index in [1.54, 1.807) is 16.2 Å². The number of nitrogens with zero attached hydrogens (tertiary/aromatic N) is 4. The zero-order valence-corrected chi connectivity index (χ0v) is 19.5. The number of hydrogen-bond acceptors (Lipinski definition) is 6. The number of aromatic nitrogens is 3. The summed E-state index contributed by atoms with van der Waals surface area (Å²) in [6.45, 7) is 1.89. The lowest BCUT2D eigenvalue weighted by Gasteiger charge is -2.27. The Bertz CT molecular complexity index is 1290. The van der Waals surface area contributed by atoms with E-state index in [9.17, 15) is 9.59 Å². The quantitative estimate of drug-likeness (QED) is 0.417. The maximum atomic E-state index is 13.4. The molecule has 3 heterocycles. The predicted octanol–water partition coefficient (Wildman–Crippen LogP) is 4.85. The Hall–Kier alpha value is -3.43. The van der Waals surface area contributed by atoms with Gasteiger partial charge in [0.2, 0.25) is 11.8 Å². The first-order chi connectivity index (χ1) is 16.1. The number of carbonyl (C=O) groups excluding carboxylic acids is 2. The fraction of sp³-hybridized carbons (Fsp3) is 0.167. The van der Waals surface area contributed by atoms with Crippen molar-refractivity contribution in [2.75, 3.05) is 16.0 Å². The molecule has 2 aromatic heterocycles. The number of carbonyl (C=O) groups is 2. The van der Waals surface area contributed by atoms with E-state index in [4.69, 9.17) is 0 Å². The SMILES string of the molecule is C[C@@H]1CC(=O)Nc2ccccc2N1C(=O)CSc1nnc(-c2cccs2)n1-c1ccccc1. The highest BCUT2D eigenvalue weighted by Gasteiger charge is 2.30. The fourth-order valence-electron chi connectivity index (χ4n) is 3.90. The van der Waals surface area contributed by atoms with Crippen molar-refractivity contribution >= 4 is 46.3 Å². The Morgan fingerprint density at radius 1 is 1.09 bits per heavy atom. The number of fused-ring (bicyclic) bond motifs is 1. The molecule has 9 heteroatoms. The molecule has 0 saturated heterocycles. The molecule has 0 saturated carbocycles. The van der Waals surface area contributed by atoms with Gasteiger partial charge in [0, 0.05) is 18.2 Å². The third-order valence-corrected chi connectivity index (χ3v) is 7.12. The number of para-hydroxylation sites is 3. The van der Waals surface area contributed by atoms with Crippen molar-refractivity contribution in [1.82, 2.24) is 14.8 Å². The highest BCUT2D eigenvalue weighted by Crippen LogP contribution is 2.34. The summed E-state index contributed by atoms with van der Waals surface area (Å²) in [5, 5.41) is 14.4. The molecular formula is C24H21N5O2S2. The van der Waals surface area contributed by atoms with Gasteiger partial charge in [-0.25, -0.2) is 0 Å². The van der Waals surface area contributed by atoms with Crippen molar-refractivity contribution in [3.63, 3.8) is 0 Å². The Labute approximate surface area is 199 Å². The van der Waals surface area contributed by atoms with E-state index >= 15 is 0 Å². The number of rotatable bonds is 5. The summed E-state index contributed by atoms with van der Waals surface area (Å²) in [6.07, 6.45) is 0.244. The minimum absolute atomic E-state index is 0.0864. The molecule has 0 aliphatic carbocycles. The van der Waals surface area contributed by atoms with Crippen LogP contribution in [-0.2, 0) is 9.59 Å². The normalized spacial score (nSPS) is 15.6. The number of anilines is 2. The molecule has 5 rings (SSSR count). The maximum absolute atomic E-state index is 13.4. The van der Waals surface area contributed by atoms with Crippen LogP contribution >= 0.6 is 23.1 Å². The zero-order valence-electron chi connectivity index (χ0n) is 17.8. The van der Waals surface area contributed by atoms with Crippen LogP contribution in [0.4, 0.5) is 11.4 Å². The van der Waals surface area contributed by atoms with Crippen LogP contribution in [0.5, 0.6) is 0 Å². The number of thiophene rings is 1. The standard InChI is InChI=1S/C24H21N5O2S2/c1-16-14-21(30)25-18-10-5-6-11-19(18)28(16)22(31)15-33-24-27-26-23(20-12-7-13-32-20)29(24)17-8-3-2-4-9-17/h2-13,16H,14-15H2,1H3,(H,25,30)/t16-/m1/s1. The van der Waals surface area contributed by atoms with Gasteiger partial charge < -0.3 is 10.2 Å². The first-order valence-electron chi connectivity index (χ1n) is 10.5. The van der Waals surface area contributed by atoms with E-state index in [1.165, 1.54) is 11.8 Å². The van der Waals surface area contributed by atoms with Crippen LogP contribution in [0, 0.1) is 0 Å². The second kappa shape index (κ2) is 9.21. The van der Waals surface area contributed by atoms with E-state index in [1.807, 2.05) is 83.6 Å². The molecular weight excluding hydrogens is 454 g/mol. The number of thioether (sulfide) groups is 1. The van der Waals surface area contributed by atoms with Crippen LogP contribution in [0.15, 0.2) is 77.3 Å². The molecule has 1 aliphatic heterocycles. The predicted molar refractivity (Wildman–Crippen MR) is 132 cm³/mol. The summed E-state index contributed by atoms with van der Waals surface area (Å²) in [5.74, 6) is 0.732. The fourth-order valence-corrected chi connectivity index (χ4v) is 5.41. The second-order valence-electron chi connectivity index (χ2n) is 7.63. The summed E-state index contributed by atoms with van der Waals surface area (Å²) in [6, 6.07) is 21.0. The summed E-state index contributed by atoms with van der Waals surface area (Å²) in [4.78, 5) is 28.4. The number of nitrogens with one attached hydrogen (secondary N) is 1. The minimum Gasteiger partial charge on any atom is -0.324 e. The van der Waals surface area contributed by atoms with Gasteiger partial charge in [0.05, 0.1) is 22.0 Å². The van der Waals surface area contributed by atoms with Gasteiger partial charge in [-0.15, -0.1) is 21.5 Å². The van der Waals surface area contributed by atoms with Crippen molar-refractivity contribution in [3.8, 4) is 16.4 Å². The Balaban J connectivity index is 1.44. The molecule has 0 bridgehead atoms. The molecule has 2 amide bonds. The molecule has 1 N–H and O–H groups in total. The molecule has 0 unspecified atom stereocenters.